The highest BCUT2D eigenvalue weighted by Gasteiger charge is 2.14. The molecule has 0 amide bonds. The van der Waals surface area contributed by atoms with Gasteiger partial charge in [-0.1, -0.05) is 30.3 Å². The van der Waals surface area contributed by atoms with Gasteiger partial charge in [0.05, 0.1) is 32.4 Å². The van der Waals surface area contributed by atoms with Crippen LogP contribution in [0.5, 0.6) is 5.75 Å². The molecule has 4 rings (SSSR count). The molecule has 140 valence electrons. The lowest BCUT2D eigenvalue weighted by atomic mass is 10.2. The summed E-state index contributed by atoms with van der Waals surface area (Å²) in [5.74, 6) is 2.56. The third-order valence-electron chi connectivity index (χ3n) is 4.76. The average Bonchev–Trinajstić information content (AvgIpc) is 2.73. The zero-order valence-corrected chi connectivity index (χ0v) is 15.5. The summed E-state index contributed by atoms with van der Waals surface area (Å²) in [5, 5.41) is 4.51. The Morgan fingerprint density at radius 1 is 1.04 bits per heavy atom. The van der Waals surface area contributed by atoms with Crippen LogP contribution >= 0.6 is 0 Å². The number of nitrogens with zero attached hydrogens (tertiary/aromatic N) is 3. The standard InChI is InChI=1S/C21H24N4O2/c1-26-19-9-5-2-6-16(19)14-22-21-17-7-3-4-8-18(17)23-20(24-21)15-25-10-12-27-13-11-25/h2-9H,10-15H2,1H3,(H,22,23,24). The maximum Gasteiger partial charge on any atom is 0.145 e. The lowest BCUT2D eigenvalue weighted by molar-refractivity contribution is 0.0331. The third-order valence-corrected chi connectivity index (χ3v) is 4.76. The van der Waals surface area contributed by atoms with Gasteiger partial charge in [-0.25, -0.2) is 9.97 Å². The molecule has 1 aliphatic rings. The highest BCUT2D eigenvalue weighted by molar-refractivity contribution is 5.89. The molecule has 0 saturated carbocycles. The van der Waals surface area contributed by atoms with E-state index in [1.165, 1.54) is 0 Å². The van der Waals surface area contributed by atoms with Crippen LogP contribution in [0, 0.1) is 0 Å². The fourth-order valence-corrected chi connectivity index (χ4v) is 3.32. The highest BCUT2D eigenvalue weighted by atomic mass is 16.5. The van der Waals surface area contributed by atoms with Crippen LogP contribution in [0.3, 0.4) is 0 Å². The van der Waals surface area contributed by atoms with Gasteiger partial charge < -0.3 is 14.8 Å². The van der Waals surface area contributed by atoms with Crippen LogP contribution in [0.4, 0.5) is 5.82 Å². The SMILES string of the molecule is COc1ccccc1CNc1nc(CN2CCOCC2)nc2ccccc12. The minimum absolute atomic E-state index is 0.641. The number of benzene rings is 2. The van der Waals surface area contributed by atoms with Crippen molar-refractivity contribution in [3.63, 3.8) is 0 Å². The van der Waals surface area contributed by atoms with Crippen molar-refractivity contribution in [1.82, 2.24) is 14.9 Å². The molecule has 0 atom stereocenters. The van der Waals surface area contributed by atoms with Gasteiger partial charge in [-0.15, -0.1) is 0 Å². The molecular weight excluding hydrogens is 340 g/mol. The Labute approximate surface area is 159 Å². The van der Waals surface area contributed by atoms with Crippen molar-refractivity contribution in [1.29, 1.82) is 0 Å². The fraction of sp³-hybridized carbons (Fsp3) is 0.333. The van der Waals surface area contributed by atoms with E-state index in [2.05, 4.69) is 22.3 Å². The topological polar surface area (TPSA) is 59.5 Å². The highest BCUT2D eigenvalue weighted by Crippen LogP contribution is 2.23. The van der Waals surface area contributed by atoms with Crippen molar-refractivity contribution < 1.29 is 9.47 Å². The first kappa shape index (κ1) is 17.7. The molecule has 0 spiro atoms. The molecule has 3 aromatic rings. The summed E-state index contributed by atoms with van der Waals surface area (Å²) < 4.78 is 10.9. The van der Waals surface area contributed by atoms with E-state index >= 15 is 0 Å². The Hall–Kier alpha value is -2.70. The van der Waals surface area contributed by atoms with Crippen LogP contribution in [0.25, 0.3) is 10.9 Å². The maximum atomic E-state index is 5.45. The lowest BCUT2D eigenvalue weighted by Gasteiger charge is -2.26. The Kier molecular flexibility index (Phi) is 5.46. The van der Waals surface area contributed by atoms with Crippen molar-refractivity contribution in [2.24, 2.45) is 0 Å². The average molecular weight is 364 g/mol. The molecule has 0 radical (unpaired) electrons. The van der Waals surface area contributed by atoms with Crippen molar-refractivity contribution in [3.8, 4) is 5.75 Å². The molecule has 6 heteroatoms. The van der Waals surface area contributed by atoms with Gasteiger partial charge in [0.25, 0.3) is 0 Å². The van der Waals surface area contributed by atoms with E-state index in [9.17, 15) is 0 Å². The normalized spacial score (nSPS) is 15.0. The van der Waals surface area contributed by atoms with E-state index in [0.29, 0.717) is 6.54 Å². The van der Waals surface area contributed by atoms with Crippen molar-refractivity contribution >= 4 is 16.7 Å². The van der Waals surface area contributed by atoms with Crippen LogP contribution in [0.2, 0.25) is 0 Å². The first-order chi connectivity index (χ1) is 13.3. The summed E-state index contributed by atoms with van der Waals surface area (Å²) in [6.45, 7) is 4.75. The van der Waals surface area contributed by atoms with Crippen LogP contribution in [-0.4, -0.2) is 48.3 Å². The number of rotatable bonds is 6. The molecule has 6 nitrogen and oxygen atoms in total. The zero-order chi connectivity index (χ0) is 18.5. The van der Waals surface area contributed by atoms with Gasteiger partial charge in [-0.05, 0) is 18.2 Å². The molecular formula is C21H24N4O2. The summed E-state index contributed by atoms with van der Waals surface area (Å²) in [5.41, 5.74) is 2.05. The summed E-state index contributed by atoms with van der Waals surface area (Å²) in [6, 6.07) is 16.1. The second-order valence-electron chi connectivity index (χ2n) is 6.56. The predicted molar refractivity (Wildman–Crippen MR) is 106 cm³/mol. The van der Waals surface area contributed by atoms with Crippen LogP contribution in [0.15, 0.2) is 48.5 Å². The molecule has 1 aliphatic heterocycles. The quantitative estimate of drug-likeness (QED) is 0.725. The fourth-order valence-electron chi connectivity index (χ4n) is 3.32. The lowest BCUT2D eigenvalue weighted by Crippen LogP contribution is -2.36. The van der Waals surface area contributed by atoms with E-state index in [4.69, 9.17) is 19.4 Å². The summed E-state index contributed by atoms with van der Waals surface area (Å²) in [6.07, 6.45) is 0. The number of fused-ring (bicyclic) bond motifs is 1. The van der Waals surface area contributed by atoms with E-state index < -0.39 is 0 Å². The van der Waals surface area contributed by atoms with Crippen molar-refractivity contribution in [3.05, 3.63) is 59.9 Å². The summed E-state index contributed by atoms with van der Waals surface area (Å²) in [4.78, 5) is 11.9. The van der Waals surface area contributed by atoms with E-state index in [1.807, 2.05) is 36.4 Å². The second-order valence-corrected chi connectivity index (χ2v) is 6.56. The molecule has 1 N–H and O–H groups in total. The van der Waals surface area contributed by atoms with Gasteiger partial charge in [0, 0.05) is 30.6 Å². The number of hydrogen-bond acceptors (Lipinski definition) is 6. The van der Waals surface area contributed by atoms with Gasteiger partial charge >= 0.3 is 0 Å². The number of anilines is 1. The predicted octanol–water partition coefficient (Wildman–Crippen LogP) is 3.08. The monoisotopic (exact) mass is 364 g/mol. The number of para-hydroxylation sites is 2. The number of ether oxygens (including phenoxy) is 2. The molecule has 1 fully saturated rings. The van der Waals surface area contributed by atoms with E-state index in [1.54, 1.807) is 7.11 Å². The molecule has 0 aliphatic carbocycles. The first-order valence-corrected chi connectivity index (χ1v) is 9.25. The molecule has 27 heavy (non-hydrogen) atoms. The van der Waals surface area contributed by atoms with E-state index in [-0.39, 0.29) is 0 Å². The summed E-state index contributed by atoms with van der Waals surface area (Å²) >= 11 is 0. The van der Waals surface area contributed by atoms with Gasteiger partial charge in [-0.2, -0.15) is 0 Å². The molecule has 1 aromatic heterocycles. The Morgan fingerprint density at radius 2 is 1.81 bits per heavy atom. The minimum atomic E-state index is 0.641. The van der Waals surface area contributed by atoms with Gasteiger partial charge in [0.15, 0.2) is 0 Å². The molecule has 2 heterocycles. The van der Waals surface area contributed by atoms with E-state index in [0.717, 1.165) is 66.7 Å². The van der Waals surface area contributed by atoms with Gasteiger partial charge in [-0.3, -0.25) is 4.90 Å². The van der Waals surface area contributed by atoms with Crippen LogP contribution in [-0.2, 0) is 17.8 Å². The second kappa shape index (κ2) is 8.33. The van der Waals surface area contributed by atoms with Crippen LogP contribution in [0.1, 0.15) is 11.4 Å². The minimum Gasteiger partial charge on any atom is -0.496 e. The summed E-state index contributed by atoms with van der Waals surface area (Å²) in [7, 11) is 1.69. The smallest absolute Gasteiger partial charge is 0.145 e. The molecule has 2 aromatic carbocycles. The number of nitrogens with one attached hydrogen (secondary N) is 1. The third kappa shape index (κ3) is 4.18. The Morgan fingerprint density at radius 3 is 2.67 bits per heavy atom. The largest absolute Gasteiger partial charge is 0.496 e. The number of methoxy groups -OCH3 is 1. The Bertz CT molecular complexity index is 910. The van der Waals surface area contributed by atoms with Crippen molar-refractivity contribution in [2.45, 2.75) is 13.1 Å². The first-order valence-electron chi connectivity index (χ1n) is 9.25. The molecule has 0 bridgehead atoms. The number of hydrogen-bond donors (Lipinski definition) is 1. The van der Waals surface area contributed by atoms with Gasteiger partial charge in [0.1, 0.15) is 17.4 Å². The van der Waals surface area contributed by atoms with Gasteiger partial charge in [0.2, 0.25) is 0 Å². The number of aromatic nitrogens is 2. The molecule has 1 saturated heterocycles. The maximum absolute atomic E-state index is 5.45. The molecule has 0 unspecified atom stereocenters. The number of morpholine rings is 1. The van der Waals surface area contributed by atoms with Crippen LogP contribution < -0.4 is 10.1 Å². The Balaban J connectivity index is 1.60. The zero-order valence-electron chi connectivity index (χ0n) is 15.5. The van der Waals surface area contributed by atoms with Crippen molar-refractivity contribution in [2.75, 3.05) is 38.7 Å².